The lowest BCUT2D eigenvalue weighted by atomic mass is 10.1. The Kier molecular flexibility index (Phi) is 3.53. The SMILES string of the molecule is C=C(C)C[C@H](C)CO. The van der Waals surface area contributed by atoms with E-state index in [1.54, 1.807) is 0 Å². The van der Waals surface area contributed by atoms with E-state index >= 15 is 0 Å². The van der Waals surface area contributed by atoms with Crippen molar-refractivity contribution in [2.45, 2.75) is 20.3 Å². The summed E-state index contributed by atoms with van der Waals surface area (Å²) in [6.07, 6.45) is 0.941. The number of allylic oxidation sites excluding steroid dienone is 1. The monoisotopic (exact) mass is 114 g/mol. The summed E-state index contributed by atoms with van der Waals surface area (Å²) in [5, 5.41) is 8.54. The van der Waals surface area contributed by atoms with Crippen molar-refractivity contribution in [2.24, 2.45) is 5.92 Å². The van der Waals surface area contributed by atoms with Gasteiger partial charge >= 0.3 is 0 Å². The van der Waals surface area contributed by atoms with Crippen molar-refractivity contribution in [1.29, 1.82) is 0 Å². The molecule has 8 heavy (non-hydrogen) atoms. The predicted octanol–water partition coefficient (Wildman–Crippen LogP) is 1.58. The summed E-state index contributed by atoms with van der Waals surface area (Å²) in [6, 6.07) is 0. The number of rotatable bonds is 3. The first-order valence-corrected chi connectivity index (χ1v) is 2.92. The van der Waals surface area contributed by atoms with E-state index in [1.807, 2.05) is 13.8 Å². The summed E-state index contributed by atoms with van der Waals surface area (Å²) in [5.41, 5.74) is 1.14. The Bertz CT molecular complexity index is 76.5. The first kappa shape index (κ1) is 7.70. The lowest BCUT2D eigenvalue weighted by Gasteiger charge is -2.04. The molecule has 0 radical (unpaired) electrons. The van der Waals surface area contributed by atoms with Gasteiger partial charge in [0.25, 0.3) is 0 Å². The molecule has 0 aliphatic carbocycles. The second-order valence-electron chi connectivity index (χ2n) is 2.45. The van der Waals surface area contributed by atoms with Crippen molar-refractivity contribution < 1.29 is 5.11 Å². The molecule has 0 saturated carbocycles. The third-order valence-electron chi connectivity index (χ3n) is 1.01. The van der Waals surface area contributed by atoms with Crippen LogP contribution in [-0.2, 0) is 0 Å². The van der Waals surface area contributed by atoms with Gasteiger partial charge in [-0.2, -0.15) is 0 Å². The summed E-state index contributed by atoms with van der Waals surface area (Å²) in [7, 11) is 0. The van der Waals surface area contributed by atoms with E-state index in [1.165, 1.54) is 0 Å². The minimum atomic E-state index is 0.271. The minimum Gasteiger partial charge on any atom is -0.396 e. The van der Waals surface area contributed by atoms with Crippen molar-refractivity contribution in [1.82, 2.24) is 0 Å². The number of aliphatic hydroxyl groups is 1. The van der Waals surface area contributed by atoms with Crippen LogP contribution in [0.5, 0.6) is 0 Å². The molecule has 0 aliphatic rings. The van der Waals surface area contributed by atoms with Crippen LogP contribution in [0.4, 0.5) is 0 Å². The molecule has 1 atom stereocenters. The zero-order chi connectivity index (χ0) is 6.57. The lowest BCUT2D eigenvalue weighted by Crippen LogP contribution is -1.99. The highest BCUT2D eigenvalue weighted by Crippen LogP contribution is 2.06. The highest BCUT2D eigenvalue weighted by molar-refractivity contribution is 4.89. The van der Waals surface area contributed by atoms with Gasteiger partial charge in [0.2, 0.25) is 0 Å². The van der Waals surface area contributed by atoms with E-state index in [9.17, 15) is 0 Å². The molecule has 0 rings (SSSR count). The zero-order valence-electron chi connectivity index (χ0n) is 5.65. The van der Waals surface area contributed by atoms with Crippen LogP contribution >= 0.6 is 0 Å². The third-order valence-corrected chi connectivity index (χ3v) is 1.01. The molecule has 0 spiro atoms. The highest BCUT2D eigenvalue weighted by Gasteiger charge is 1.97. The van der Waals surface area contributed by atoms with Gasteiger partial charge in [-0.15, -0.1) is 6.58 Å². The normalized spacial score (nSPS) is 13.4. The summed E-state index contributed by atoms with van der Waals surface area (Å²) in [4.78, 5) is 0. The molecule has 0 aromatic heterocycles. The molecule has 1 heteroatoms. The minimum absolute atomic E-state index is 0.271. The Morgan fingerprint density at radius 2 is 2.25 bits per heavy atom. The first-order chi connectivity index (χ1) is 3.66. The first-order valence-electron chi connectivity index (χ1n) is 2.92. The summed E-state index contributed by atoms with van der Waals surface area (Å²) >= 11 is 0. The topological polar surface area (TPSA) is 20.2 Å². The van der Waals surface area contributed by atoms with Crippen LogP contribution in [0, 0.1) is 5.92 Å². The van der Waals surface area contributed by atoms with Crippen LogP contribution in [0.3, 0.4) is 0 Å². The van der Waals surface area contributed by atoms with E-state index in [4.69, 9.17) is 5.11 Å². The molecular weight excluding hydrogens is 100 g/mol. The summed E-state index contributed by atoms with van der Waals surface area (Å²) in [6.45, 7) is 7.99. The van der Waals surface area contributed by atoms with E-state index in [2.05, 4.69) is 6.58 Å². The van der Waals surface area contributed by atoms with Crippen molar-refractivity contribution in [3.8, 4) is 0 Å². The zero-order valence-corrected chi connectivity index (χ0v) is 5.65. The molecule has 0 heterocycles. The van der Waals surface area contributed by atoms with Gasteiger partial charge in [0, 0.05) is 6.61 Å². The highest BCUT2D eigenvalue weighted by atomic mass is 16.3. The quantitative estimate of drug-likeness (QED) is 0.552. The second-order valence-corrected chi connectivity index (χ2v) is 2.45. The Labute approximate surface area is 51.0 Å². The van der Waals surface area contributed by atoms with E-state index < -0.39 is 0 Å². The molecule has 0 fully saturated rings. The maximum absolute atomic E-state index is 8.54. The van der Waals surface area contributed by atoms with E-state index in [-0.39, 0.29) is 6.61 Å². The molecule has 0 aromatic carbocycles. The van der Waals surface area contributed by atoms with Gasteiger partial charge in [-0.3, -0.25) is 0 Å². The maximum Gasteiger partial charge on any atom is 0.0459 e. The number of hydrogen-bond donors (Lipinski definition) is 1. The van der Waals surface area contributed by atoms with Crippen LogP contribution < -0.4 is 0 Å². The molecule has 0 unspecified atom stereocenters. The summed E-state index contributed by atoms with van der Waals surface area (Å²) in [5.74, 6) is 0.382. The Hall–Kier alpha value is -0.300. The smallest absolute Gasteiger partial charge is 0.0459 e. The Morgan fingerprint density at radius 3 is 2.38 bits per heavy atom. The molecule has 1 nitrogen and oxygen atoms in total. The molecule has 48 valence electrons. The molecule has 0 aliphatic heterocycles. The molecule has 0 saturated heterocycles. The second kappa shape index (κ2) is 3.67. The molecule has 0 bridgehead atoms. The lowest BCUT2D eigenvalue weighted by molar-refractivity contribution is 0.237. The van der Waals surface area contributed by atoms with Crippen LogP contribution in [-0.4, -0.2) is 11.7 Å². The van der Waals surface area contributed by atoms with Gasteiger partial charge in [0.15, 0.2) is 0 Å². The van der Waals surface area contributed by atoms with Crippen molar-refractivity contribution in [2.75, 3.05) is 6.61 Å². The van der Waals surface area contributed by atoms with Gasteiger partial charge < -0.3 is 5.11 Å². The fourth-order valence-corrected chi connectivity index (χ4v) is 0.659. The number of aliphatic hydroxyl groups excluding tert-OH is 1. The Morgan fingerprint density at radius 1 is 1.75 bits per heavy atom. The van der Waals surface area contributed by atoms with Gasteiger partial charge in [-0.25, -0.2) is 0 Å². The molecular formula is C7H14O. The molecule has 1 N–H and O–H groups in total. The Balaban J connectivity index is 3.24. The average molecular weight is 114 g/mol. The van der Waals surface area contributed by atoms with Crippen LogP contribution in [0.1, 0.15) is 20.3 Å². The van der Waals surface area contributed by atoms with Gasteiger partial charge in [0.05, 0.1) is 0 Å². The largest absolute Gasteiger partial charge is 0.396 e. The van der Waals surface area contributed by atoms with Gasteiger partial charge in [-0.05, 0) is 19.3 Å². The fourth-order valence-electron chi connectivity index (χ4n) is 0.659. The third kappa shape index (κ3) is 3.88. The maximum atomic E-state index is 8.54. The standard InChI is InChI=1S/C7H14O/c1-6(2)4-7(3)5-8/h7-8H,1,4-5H2,2-3H3/t7-/m0/s1. The predicted molar refractivity (Wildman–Crippen MR) is 35.7 cm³/mol. The van der Waals surface area contributed by atoms with Crippen LogP contribution in [0.15, 0.2) is 12.2 Å². The molecule has 0 amide bonds. The fraction of sp³-hybridized carbons (Fsp3) is 0.714. The van der Waals surface area contributed by atoms with Crippen LogP contribution in [0.2, 0.25) is 0 Å². The van der Waals surface area contributed by atoms with Gasteiger partial charge in [-0.1, -0.05) is 12.5 Å². The van der Waals surface area contributed by atoms with Crippen molar-refractivity contribution in [3.63, 3.8) is 0 Å². The van der Waals surface area contributed by atoms with Crippen molar-refractivity contribution in [3.05, 3.63) is 12.2 Å². The van der Waals surface area contributed by atoms with Crippen molar-refractivity contribution >= 4 is 0 Å². The molecule has 0 aromatic rings. The van der Waals surface area contributed by atoms with E-state index in [0.717, 1.165) is 12.0 Å². The average Bonchev–Trinajstić information content (AvgIpc) is 1.65. The van der Waals surface area contributed by atoms with Crippen LogP contribution in [0.25, 0.3) is 0 Å². The number of hydrogen-bond acceptors (Lipinski definition) is 1. The van der Waals surface area contributed by atoms with Gasteiger partial charge in [0.1, 0.15) is 0 Å². The summed E-state index contributed by atoms with van der Waals surface area (Å²) < 4.78 is 0. The van der Waals surface area contributed by atoms with E-state index in [0.29, 0.717) is 5.92 Å².